The Morgan fingerprint density at radius 2 is 1.80 bits per heavy atom. The molecular weight excluding hydrogens is 338 g/mol. The SMILES string of the molecule is CC(=O)N[C@@H](C(=O)NC1CCN(Cc2ccc(Cl)cc2)CC1)C(C)C. The summed E-state index contributed by atoms with van der Waals surface area (Å²) in [5.41, 5.74) is 1.25. The average molecular weight is 366 g/mol. The van der Waals surface area contributed by atoms with Crippen molar-refractivity contribution in [2.45, 2.75) is 52.2 Å². The van der Waals surface area contributed by atoms with E-state index in [0.29, 0.717) is 0 Å². The first-order chi connectivity index (χ1) is 11.8. The molecule has 1 aliphatic rings. The summed E-state index contributed by atoms with van der Waals surface area (Å²) in [6.45, 7) is 8.11. The van der Waals surface area contributed by atoms with Gasteiger partial charge in [-0.15, -0.1) is 0 Å². The molecule has 1 saturated heterocycles. The molecule has 0 saturated carbocycles. The van der Waals surface area contributed by atoms with Gasteiger partial charge in [0, 0.05) is 37.6 Å². The predicted octanol–water partition coefficient (Wildman–Crippen LogP) is 2.58. The highest BCUT2D eigenvalue weighted by Gasteiger charge is 2.27. The second-order valence-electron chi connectivity index (χ2n) is 7.11. The lowest BCUT2D eigenvalue weighted by atomic mass is 10.0. The van der Waals surface area contributed by atoms with Crippen LogP contribution < -0.4 is 10.6 Å². The van der Waals surface area contributed by atoms with Crippen LogP contribution in [0, 0.1) is 5.92 Å². The van der Waals surface area contributed by atoms with Crippen molar-refractivity contribution in [3.8, 4) is 0 Å². The molecule has 2 rings (SSSR count). The van der Waals surface area contributed by atoms with Crippen molar-refractivity contribution in [2.24, 2.45) is 5.92 Å². The van der Waals surface area contributed by atoms with E-state index in [0.717, 1.165) is 37.5 Å². The van der Waals surface area contributed by atoms with Crippen LogP contribution in [0.5, 0.6) is 0 Å². The van der Waals surface area contributed by atoms with Gasteiger partial charge in [0.1, 0.15) is 6.04 Å². The molecule has 1 heterocycles. The lowest BCUT2D eigenvalue weighted by Crippen LogP contribution is -2.53. The average Bonchev–Trinajstić information content (AvgIpc) is 2.56. The quantitative estimate of drug-likeness (QED) is 0.814. The Kier molecular flexibility index (Phi) is 7.26. The maximum absolute atomic E-state index is 12.4. The van der Waals surface area contributed by atoms with E-state index in [-0.39, 0.29) is 23.8 Å². The predicted molar refractivity (Wildman–Crippen MR) is 100 cm³/mol. The molecular formula is C19H28ClN3O2. The number of nitrogens with zero attached hydrogens (tertiary/aromatic N) is 1. The normalized spacial score (nSPS) is 17.3. The van der Waals surface area contributed by atoms with E-state index in [9.17, 15) is 9.59 Å². The molecule has 138 valence electrons. The zero-order valence-electron chi connectivity index (χ0n) is 15.2. The van der Waals surface area contributed by atoms with E-state index in [4.69, 9.17) is 11.6 Å². The van der Waals surface area contributed by atoms with Gasteiger partial charge in [0.2, 0.25) is 11.8 Å². The second-order valence-corrected chi connectivity index (χ2v) is 7.54. The van der Waals surface area contributed by atoms with Crippen LogP contribution in [0.15, 0.2) is 24.3 Å². The summed E-state index contributed by atoms with van der Waals surface area (Å²) in [6, 6.07) is 7.64. The number of rotatable bonds is 6. The van der Waals surface area contributed by atoms with Crippen molar-refractivity contribution in [3.05, 3.63) is 34.9 Å². The molecule has 2 N–H and O–H groups in total. The molecule has 1 atom stereocenters. The zero-order chi connectivity index (χ0) is 18.4. The molecule has 1 aliphatic heterocycles. The summed E-state index contributed by atoms with van der Waals surface area (Å²) in [6.07, 6.45) is 1.84. The van der Waals surface area contributed by atoms with Gasteiger partial charge in [-0.2, -0.15) is 0 Å². The van der Waals surface area contributed by atoms with Crippen LogP contribution in [0.3, 0.4) is 0 Å². The van der Waals surface area contributed by atoms with Gasteiger partial charge >= 0.3 is 0 Å². The second kappa shape index (κ2) is 9.20. The van der Waals surface area contributed by atoms with Crippen LogP contribution in [0.4, 0.5) is 0 Å². The molecule has 5 nitrogen and oxygen atoms in total. The Hall–Kier alpha value is -1.59. The van der Waals surface area contributed by atoms with E-state index in [1.807, 2.05) is 26.0 Å². The maximum atomic E-state index is 12.4. The number of hydrogen-bond donors (Lipinski definition) is 2. The number of carbonyl (C=O) groups excluding carboxylic acids is 2. The molecule has 0 unspecified atom stereocenters. The molecule has 0 radical (unpaired) electrons. The van der Waals surface area contributed by atoms with Crippen LogP contribution in [0.25, 0.3) is 0 Å². The number of hydrogen-bond acceptors (Lipinski definition) is 3. The first-order valence-electron chi connectivity index (χ1n) is 8.89. The van der Waals surface area contributed by atoms with Crippen molar-refractivity contribution >= 4 is 23.4 Å². The zero-order valence-corrected chi connectivity index (χ0v) is 16.0. The van der Waals surface area contributed by atoms with Gasteiger partial charge in [-0.3, -0.25) is 14.5 Å². The van der Waals surface area contributed by atoms with Gasteiger partial charge in [0.25, 0.3) is 0 Å². The van der Waals surface area contributed by atoms with Gasteiger partial charge in [-0.05, 0) is 36.5 Å². The smallest absolute Gasteiger partial charge is 0.243 e. The summed E-state index contributed by atoms with van der Waals surface area (Å²) in [5.74, 6) is -0.193. The third kappa shape index (κ3) is 6.33. The molecule has 1 fully saturated rings. The summed E-state index contributed by atoms with van der Waals surface area (Å²) in [4.78, 5) is 26.1. The Morgan fingerprint density at radius 1 is 1.20 bits per heavy atom. The van der Waals surface area contributed by atoms with Crippen LogP contribution in [-0.2, 0) is 16.1 Å². The lowest BCUT2D eigenvalue weighted by Gasteiger charge is -2.33. The molecule has 6 heteroatoms. The fraction of sp³-hybridized carbons (Fsp3) is 0.579. The summed E-state index contributed by atoms with van der Waals surface area (Å²) >= 11 is 5.92. The fourth-order valence-electron chi connectivity index (χ4n) is 3.13. The van der Waals surface area contributed by atoms with Gasteiger partial charge in [0.05, 0.1) is 0 Å². The number of carbonyl (C=O) groups is 2. The third-order valence-corrected chi connectivity index (χ3v) is 4.81. The minimum absolute atomic E-state index is 0.0638. The van der Waals surface area contributed by atoms with Gasteiger partial charge in [0.15, 0.2) is 0 Å². The summed E-state index contributed by atoms with van der Waals surface area (Å²) in [5, 5.41) is 6.60. The number of amides is 2. The van der Waals surface area contributed by atoms with Crippen LogP contribution in [-0.4, -0.2) is 41.9 Å². The van der Waals surface area contributed by atoms with E-state index in [1.165, 1.54) is 12.5 Å². The minimum Gasteiger partial charge on any atom is -0.351 e. The number of likely N-dealkylation sites (tertiary alicyclic amines) is 1. The highest BCUT2D eigenvalue weighted by atomic mass is 35.5. The third-order valence-electron chi connectivity index (χ3n) is 4.56. The molecule has 1 aromatic carbocycles. The van der Waals surface area contributed by atoms with Crippen LogP contribution >= 0.6 is 11.6 Å². The number of benzene rings is 1. The Bertz CT molecular complexity index is 581. The molecule has 0 aliphatic carbocycles. The van der Waals surface area contributed by atoms with Crippen molar-refractivity contribution in [1.29, 1.82) is 0 Å². The highest BCUT2D eigenvalue weighted by Crippen LogP contribution is 2.16. The lowest BCUT2D eigenvalue weighted by molar-refractivity contribution is -0.129. The Morgan fingerprint density at radius 3 is 2.32 bits per heavy atom. The van der Waals surface area contributed by atoms with E-state index >= 15 is 0 Å². The maximum Gasteiger partial charge on any atom is 0.243 e. The van der Waals surface area contributed by atoms with Crippen molar-refractivity contribution in [1.82, 2.24) is 15.5 Å². The van der Waals surface area contributed by atoms with E-state index in [1.54, 1.807) is 0 Å². The van der Waals surface area contributed by atoms with Crippen LogP contribution in [0.2, 0.25) is 5.02 Å². The van der Waals surface area contributed by atoms with E-state index < -0.39 is 6.04 Å². The van der Waals surface area contributed by atoms with Crippen molar-refractivity contribution in [2.75, 3.05) is 13.1 Å². The first-order valence-corrected chi connectivity index (χ1v) is 9.27. The summed E-state index contributed by atoms with van der Waals surface area (Å²) in [7, 11) is 0. The fourth-order valence-corrected chi connectivity index (χ4v) is 3.25. The Labute approximate surface area is 155 Å². The van der Waals surface area contributed by atoms with Crippen LogP contribution in [0.1, 0.15) is 39.2 Å². The first kappa shape index (κ1) is 19.7. The molecule has 0 bridgehead atoms. The minimum atomic E-state index is -0.468. The van der Waals surface area contributed by atoms with E-state index in [2.05, 4.69) is 27.7 Å². The summed E-state index contributed by atoms with van der Waals surface area (Å²) < 4.78 is 0. The molecule has 0 aromatic heterocycles. The largest absolute Gasteiger partial charge is 0.351 e. The Balaban J connectivity index is 1.80. The molecule has 25 heavy (non-hydrogen) atoms. The molecule has 2 amide bonds. The van der Waals surface area contributed by atoms with Crippen molar-refractivity contribution in [3.63, 3.8) is 0 Å². The molecule has 0 spiro atoms. The number of piperidine rings is 1. The van der Waals surface area contributed by atoms with Gasteiger partial charge in [-0.25, -0.2) is 0 Å². The monoisotopic (exact) mass is 365 g/mol. The molecule has 1 aromatic rings. The number of halogens is 1. The number of nitrogens with one attached hydrogen (secondary N) is 2. The van der Waals surface area contributed by atoms with Crippen molar-refractivity contribution < 1.29 is 9.59 Å². The van der Waals surface area contributed by atoms with Gasteiger partial charge in [-0.1, -0.05) is 37.6 Å². The highest BCUT2D eigenvalue weighted by molar-refractivity contribution is 6.30. The topological polar surface area (TPSA) is 61.4 Å². The standard InChI is InChI=1S/C19H28ClN3O2/c1-13(2)18(21-14(3)24)19(25)22-17-8-10-23(11-9-17)12-15-4-6-16(20)7-5-15/h4-7,13,17-18H,8-12H2,1-3H3,(H,21,24)(H,22,25)/t18-/m1/s1. The van der Waals surface area contributed by atoms with Gasteiger partial charge < -0.3 is 10.6 Å².